The van der Waals surface area contributed by atoms with Crippen LogP contribution in [0.3, 0.4) is 0 Å². The molecular weight excluding hydrogens is 452 g/mol. The van der Waals surface area contributed by atoms with Gasteiger partial charge in [-0.3, -0.25) is 9.52 Å². The van der Waals surface area contributed by atoms with Gasteiger partial charge in [-0.15, -0.1) is 0 Å². The first-order chi connectivity index (χ1) is 16.5. The first-order valence-electron chi connectivity index (χ1n) is 11.4. The number of anilines is 1. The molecule has 0 unspecified atom stereocenters. The first-order valence-corrected chi connectivity index (χ1v) is 12.9. The molecule has 0 saturated carbocycles. The molecule has 1 aliphatic heterocycles. The molecule has 0 spiro atoms. The van der Waals surface area contributed by atoms with Gasteiger partial charge in [-0.05, 0) is 60.7 Å². The van der Waals surface area contributed by atoms with Gasteiger partial charge in [0.1, 0.15) is 0 Å². The molecule has 1 heterocycles. The number of hydrogen-bond donors (Lipinski definition) is 2. The van der Waals surface area contributed by atoms with Crippen molar-refractivity contribution in [2.24, 2.45) is 0 Å². The van der Waals surface area contributed by atoms with Crippen LogP contribution in [0.1, 0.15) is 46.8 Å². The highest BCUT2D eigenvalue weighted by atomic mass is 32.2. The third kappa shape index (κ3) is 4.72. The van der Waals surface area contributed by atoms with Gasteiger partial charge in [-0.25, -0.2) is 8.42 Å². The maximum absolute atomic E-state index is 13.0. The standard InChI is InChI=1S/C26H26N2O5S/c29-26(27-23-11-4-7-18-6-1-2-10-22(18)23)19-8-3-9-20(16-19)28-34(30,31)21-12-13-24-25(17-21)33-15-5-14-32-24/h1-3,6,8-10,12-13,16-17,23,28H,4-5,7,11,14-15H2,(H,27,29)/t23-/m1/s1. The number of hydrogen-bond acceptors (Lipinski definition) is 5. The van der Waals surface area contributed by atoms with Crippen LogP contribution in [0.5, 0.6) is 11.5 Å². The van der Waals surface area contributed by atoms with Crippen molar-refractivity contribution in [3.05, 3.63) is 83.4 Å². The fourth-order valence-electron chi connectivity index (χ4n) is 4.39. The van der Waals surface area contributed by atoms with Crippen molar-refractivity contribution in [3.63, 3.8) is 0 Å². The number of carbonyl (C=O) groups excluding carboxylic acids is 1. The number of ether oxygens (including phenoxy) is 2. The second kappa shape index (κ2) is 9.38. The zero-order chi connectivity index (χ0) is 23.5. The number of amides is 1. The molecule has 3 aromatic rings. The second-order valence-corrected chi connectivity index (χ2v) is 10.1. The number of benzene rings is 3. The van der Waals surface area contributed by atoms with Crippen molar-refractivity contribution in [2.45, 2.75) is 36.6 Å². The molecule has 0 aromatic heterocycles. The minimum atomic E-state index is -3.89. The summed E-state index contributed by atoms with van der Waals surface area (Å²) in [5.41, 5.74) is 3.11. The first kappa shape index (κ1) is 22.3. The highest BCUT2D eigenvalue weighted by molar-refractivity contribution is 7.92. The van der Waals surface area contributed by atoms with Crippen LogP contribution in [0.15, 0.2) is 71.6 Å². The minimum absolute atomic E-state index is 0.0559. The molecule has 176 valence electrons. The fraction of sp³-hybridized carbons (Fsp3) is 0.269. The zero-order valence-electron chi connectivity index (χ0n) is 18.6. The Kier molecular flexibility index (Phi) is 6.15. The van der Waals surface area contributed by atoms with E-state index in [0.29, 0.717) is 36.0 Å². The van der Waals surface area contributed by atoms with E-state index in [1.807, 2.05) is 12.1 Å². The highest BCUT2D eigenvalue weighted by Crippen LogP contribution is 2.33. The lowest BCUT2D eigenvalue weighted by molar-refractivity contribution is 0.0932. The van der Waals surface area contributed by atoms with Gasteiger partial charge in [0, 0.05) is 23.7 Å². The molecule has 34 heavy (non-hydrogen) atoms. The van der Waals surface area contributed by atoms with Gasteiger partial charge < -0.3 is 14.8 Å². The van der Waals surface area contributed by atoms with Crippen LogP contribution in [0.4, 0.5) is 5.69 Å². The number of carbonyl (C=O) groups is 1. The molecule has 1 aliphatic carbocycles. The molecule has 2 N–H and O–H groups in total. The van der Waals surface area contributed by atoms with Crippen LogP contribution in [-0.2, 0) is 16.4 Å². The third-order valence-electron chi connectivity index (χ3n) is 6.08. The van der Waals surface area contributed by atoms with Crippen LogP contribution in [0, 0.1) is 0 Å². The lowest BCUT2D eigenvalue weighted by Crippen LogP contribution is -2.31. The molecule has 0 fully saturated rings. The molecule has 0 saturated heterocycles. The van der Waals surface area contributed by atoms with E-state index in [0.717, 1.165) is 31.2 Å². The summed E-state index contributed by atoms with van der Waals surface area (Å²) in [6.07, 6.45) is 3.63. The van der Waals surface area contributed by atoms with Gasteiger partial charge in [0.05, 0.1) is 24.2 Å². The van der Waals surface area contributed by atoms with Gasteiger partial charge in [-0.2, -0.15) is 0 Å². The van der Waals surface area contributed by atoms with Crippen molar-refractivity contribution < 1.29 is 22.7 Å². The zero-order valence-corrected chi connectivity index (χ0v) is 19.4. The Morgan fingerprint density at radius 3 is 2.59 bits per heavy atom. The summed E-state index contributed by atoms with van der Waals surface area (Å²) < 4.78 is 39.8. The molecule has 0 bridgehead atoms. The summed E-state index contributed by atoms with van der Waals surface area (Å²) in [6, 6.07) is 19.1. The van der Waals surface area contributed by atoms with E-state index in [9.17, 15) is 13.2 Å². The minimum Gasteiger partial charge on any atom is -0.490 e. The summed E-state index contributed by atoms with van der Waals surface area (Å²) in [5.74, 6) is 0.694. The van der Waals surface area contributed by atoms with Crippen LogP contribution in [0.2, 0.25) is 0 Å². The van der Waals surface area contributed by atoms with Gasteiger partial charge in [0.25, 0.3) is 15.9 Å². The SMILES string of the molecule is O=C(N[C@@H]1CCCc2ccccc21)c1cccc(NS(=O)(=O)c2ccc3c(c2)OCCCO3)c1. The maximum Gasteiger partial charge on any atom is 0.262 e. The largest absolute Gasteiger partial charge is 0.490 e. The molecule has 7 nitrogen and oxygen atoms in total. The monoisotopic (exact) mass is 478 g/mol. The van der Waals surface area contributed by atoms with E-state index in [2.05, 4.69) is 22.2 Å². The number of aryl methyl sites for hydroxylation is 1. The molecule has 3 aromatic carbocycles. The Morgan fingerprint density at radius 1 is 0.882 bits per heavy atom. The summed E-state index contributed by atoms with van der Waals surface area (Å²) >= 11 is 0. The topological polar surface area (TPSA) is 93.7 Å². The normalized spacial score (nSPS) is 17.2. The number of sulfonamides is 1. The summed E-state index contributed by atoms with van der Waals surface area (Å²) in [6.45, 7) is 0.991. The number of fused-ring (bicyclic) bond motifs is 2. The molecule has 1 amide bonds. The summed E-state index contributed by atoms with van der Waals surface area (Å²) in [7, 11) is -3.89. The molecule has 1 atom stereocenters. The van der Waals surface area contributed by atoms with Crippen LogP contribution in [-0.4, -0.2) is 27.5 Å². The summed E-state index contributed by atoms with van der Waals surface area (Å²) in [5, 5.41) is 3.11. The summed E-state index contributed by atoms with van der Waals surface area (Å²) in [4.78, 5) is 13.0. The van der Waals surface area contributed by atoms with E-state index in [1.165, 1.54) is 17.7 Å². The predicted molar refractivity (Wildman–Crippen MR) is 129 cm³/mol. The molecule has 8 heteroatoms. The molecule has 0 radical (unpaired) electrons. The van der Waals surface area contributed by atoms with Crippen molar-refractivity contribution in [2.75, 3.05) is 17.9 Å². The van der Waals surface area contributed by atoms with Gasteiger partial charge in [0.15, 0.2) is 11.5 Å². The Morgan fingerprint density at radius 2 is 1.71 bits per heavy atom. The van der Waals surface area contributed by atoms with Crippen molar-refractivity contribution >= 4 is 21.6 Å². The predicted octanol–water partition coefficient (Wildman–Crippen LogP) is 4.46. The van der Waals surface area contributed by atoms with Gasteiger partial charge in [-0.1, -0.05) is 30.3 Å². The molecule has 2 aliphatic rings. The lowest BCUT2D eigenvalue weighted by Gasteiger charge is -2.26. The smallest absolute Gasteiger partial charge is 0.262 e. The molecular formula is C26H26N2O5S. The van der Waals surface area contributed by atoms with Crippen molar-refractivity contribution in [3.8, 4) is 11.5 Å². The van der Waals surface area contributed by atoms with Crippen LogP contribution < -0.4 is 19.5 Å². The van der Waals surface area contributed by atoms with Gasteiger partial charge >= 0.3 is 0 Å². The Balaban J connectivity index is 1.32. The van der Waals surface area contributed by atoms with Crippen molar-refractivity contribution in [1.82, 2.24) is 5.32 Å². The van der Waals surface area contributed by atoms with Crippen LogP contribution >= 0.6 is 0 Å². The Labute approximate surface area is 199 Å². The van der Waals surface area contributed by atoms with Gasteiger partial charge in [0.2, 0.25) is 0 Å². The van der Waals surface area contributed by atoms with E-state index >= 15 is 0 Å². The number of rotatable bonds is 5. The quantitative estimate of drug-likeness (QED) is 0.565. The van der Waals surface area contributed by atoms with Crippen molar-refractivity contribution in [1.29, 1.82) is 0 Å². The number of nitrogens with one attached hydrogen (secondary N) is 2. The van der Waals surface area contributed by atoms with E-state index in [1.54, 1.807) is 30.3 Å². The maximum atomic E-state index is 13.0. The van der Waals surface area contributed by atoms with E-state index in [4.69, 9.17) is 9.47 Å². The average molecular weight is 479 g/mol. The Bertz CT molecular complexity index is 1320. The highest BCUT2D eigenvalue weighted by Gasteiger charge is 2.23. The lowest BCUT2D eigenvalue weighted by atomic mass is 9.87. The fourth-order valence-corrected chi connectivity index (χ4v) is 5.46. The van der Waals surface area contributed by atoms with Crippen LogP contribution in [0.25, 0.3) is 0 Å². The van der Waals surface area contributed by atoms with E-state index < -0.39 is 10.0 Å². The Hall–Kier alpha value is -3.52. The average Bonchev–Trinajstić information content (AvgIpc) is 3.09. The third-order valence-corrected chi connectivity index (χ3v) is 7.46. The van der Waals surface area contributed by atoms with E-state index in [-0.39, 0.29) is 16.8 Å². The molecule has 5 rings (SSSR count). The second-order valence-electron chi connectivity index (χ2n) is 8.46.